The zero-order valence-corrected chi connectivity index (χ0v) is 10.1. The number of hydrazine groups is 1. The first-order valence-electron chi connectivity index (χ1n) is 6.21. The molecule has 2 rings (SSSR count). The van der Waals surface area contributed by atoms with Gasteiger partial charge in [-0.15, -0.1) is 0 Å². The van der Waals surface area contributed by atoms with Crippen molar-refractivity contribution in [2.75, 3.05) is 0 Å². The van der Waals surface area contributed by atoms with Gasteiger partial charge in [-0.2, -0.15) is 0 Å². The van der Waals surface area contributed by atoms with Gasteiger partial charge in [-0.1, -0.05) is 25.3 Å². The lowest BCUT2D eigenvalue weighted by Gasteiger charge is -2.19. The van der Waals surface area contributed by atoms with Crippen molar-refractivity contribution < 1.29 is 8.78 Å². The molecule has 3 nitrogen and oxygen atoms in total. The summed E-state index contributed by atoms with van der Waals surface area (Å²) < 4.78 is 27.3. The molecule has 1 saturated carbocycles. The van der Waals surface area contributed by atoms with Gasteiger partial charge in [0, 0.05) is 0 Å². The average Bonchev–Trinajstić information content (AvgIpc) is 2.38. The summed E-state index contributed by atoms with van der Waals surface area (Å²) in [5.74, 6) is 4.14. The Bertz CT molecular complexity index is 420. The van der Waals surface area contributed by atoms with Crippen LogP contribution in [-0.4, -0.2) is 11.9 Å². The molecule has 0 radical (unpaired) electrons. The molecular formula is C13H17F2N3. The lowest BCUT2D eigenvalue weighted by Crippen LogP contribution is -2.34. The summed E-state index contributed by atoms with van der Waals surface area (Å²) in [6, 6.07) is 3.82. The largest absolute Gasteiger partial charge is 0.308 e. The smallest absolute Gasteiger partial charge is 0.148 e. The summed E-state index contributed by atoms with van der Waals surface area (Å²) in [6.45, 7) is 0. The summed E-state index contributed by atoms with van der Waals surface area (Å²) in [4.78, 5) is 4.35. The van der Waals surface area contributed by atoms with E-state index in [2.05, 4.69) is 10.4 Å². The zero-order valence-electron chi connectivity index (χ0n) is 10.1. The Kier molecular flexibility index (Phi) is 4.25. The van der Waals surface area contributed by atoms with Gasteiger partial charge < -0.3 is 5.43 Å². The van der Waals surface area contributed by atoms with Crippen molar-refractivity contribution in [2.45, 2.75) is 38.1 Å². The highest BCUT2D eigenvalue weighted by atomic mass is 19.1. The summed E-state index contributed by atoms with van der Waals surface area (Å²) >= 11 is 0. The van der Waals surface area contributed by atoms with Gasteiger partial charge >= 0.3 is 0 Å². The van der Waals surface area contributed by atoms with Gasteiger partial charge in [0.2, 0.25) is 0 Å². The molecule has 1 aromatic carbocycles. The molecule has 0 heterocycles. The predicted octanol–water partition coefficient (Wildman–Crippen LogP) is 2.51. The Labute approximate surface area is 105 Å². The molecule has 0 bridgehead atoms. The van der Waals surface area contributed by atoms with E-state index >= 15 is 0 Å². The Morgan fingerprint density at radius 1 is 1.17 bits per heavy atom. The monoisotopic (exact) mass is 253 g/mol. The van der Waals surface area contributed by atoms with Crippen LogP contribution in [0.4, 0.5) is 8.78 Å². The predicted molar refractivity (Wildman–Crippen MR) is 67.1 cm³/mol. The molecule has 3 N–H and O–H groups in total. The van der Waals surface area contributed by atoms with Gasteiger partial charge in [0.15, 0.2) is 0 Å². The van der Waals surface area contributed by atoms with E-state index in [1.807, 2.05) is 0 Å². The van der Waals surface area contributed by atoms with E-state index in [0.29, 0.717) is 0 Å². The van der Waals surface area contributed by atoms with E-state index in [4.69, 9.17) is 5.84 Å². The quantitative estimate of drug-likeness (QED) is 0.368. The molecule has 0 aliphatic heterocycles. The number of nitrogens with zero attached hydrogens (tertiary/aromatic N) is 1. The molecule has 0 unspecified atom stereocenters. The third kappa shape index (κ3) is 2.85. The first-order valence-corrected chi connectivity index (χ1v) is 6.21. The van der Waals surface area contributed by atoms with Crippen LogP contribution in [0.5, 0.6) is 0 Å². The second kappa shape index (κ2) is 5.91. The number of hydrogen-bond donors (Lipinski definition) is 2. The number of halogens is 2. The third-order valence-corrected chi connectivity index (χ3v) is 3.22. The van der Waals surface area contributed by atoms with Gasteiger partial charge in [-0.05, 0) is 25.0 Å². The van der Waals surface area contributed by atoms with Crippen LogP contribution in [0.2, 0.25) is 0 Å². The summed E-state index contributed by atoms with van der Waals surface area (Å²) in [6.07, 6.45) is 5.30. The average molecular weight is 253 g/mol. The van der Waals surface area contributed by atoms with E-state index < -0.39 is 11.6 Å². The fraction of sp³-hybridized carbons (Fsp3) is 0.462. The Balaban J connectivity index is 2.29. The zero-order chi connectivity index (χ0) is 13.0. The van der Waals surface area contributed by atoms with E-state index in [9.17, 15) is 8.78 Å². The van der Waals surface area contributed by atoms with Crippen molar-refractivity contribution in [3.63, 3.8) is 0 Å². The summed E-state index contributed by atoms with van der Waals surface area (Å²) in [5.41, 5.74) is 2.14. The molecule has 1 fully saturated rings. The third-order valence-electron chi connectivity index (χ3n) is 3.22. The van der Waals surface area contributed by atoms with Crippen LogP contribution < -0.4 is 11.3 Å². The fourth-order valence-electron chi connectivity index (χ4n) is 2.29. The van der Waals surface area contributed by atoms with E-state index in [-0.39, 0.29) is 17.4 Å². The molecule has 18 heavy (non-hydrogen) atoms. The summed E-state index contributed by atoms with van der Waals surface area (Å²) in [7, 11) is 0. The molecule has 0 atom stereocenters. The van der Waals surface area contributed by atoms with Crippen molar-refractivity contribution in [3.8, 4) is 0 Å². The van der Waals surface area contributed by atoms with Crippen molar-refractivity contribution in [1.82, 2.24) is 5.43 Å². The maximum absolute atomic E-state index is 13.6. The molecular weight excluding hydrogens is 236 g/mol. The number of nitrogens with one attached hydrogen (secondary N) is 1. The van der Waals surface area contributed by atoms with Crippen molar-refractivity contribution in [2.24, 2.45) is 10.8 Å². The van der Waals surface area contributed by atoms with Crippen LogP contribution in [0.15, 0.2) is 23.2 Å². The van der Waals surface area contributed by atoms with E-state index in [1.165, 1.54) is 24.6 Å². The first kappa shape index (κ1) is 13.0. The Hall–Kier alpha value is -1.49. The number of aliphatic imine (C=N–C) groups is 1. The van der Waals surface area contributed by atoms with Crippen LogP contribution in [0, 0.1) is 11.6 Å². The topological polar surface area (TPSA) is 50.4 Å². The minimum atomic E-state index is -0.650. The van der Waals surface area contributed by atoms with Crippen LogP contribution >= 0.6 is 0 Å². The highest BCUT2D eigenvalue weighted by Crippen LogP contribution is 2.21. The lowest BCUT2D eigenvalue weighted by molar-refractivity contribution is 0.442. The van der Waals surface area contributed by atoms with Crippen LogP contribution in [0.25, 0.3) is 0 Å². The van der Waals surface area contributed by atoms with Gasteiger partial charge in [0.25, 0.3) is 0 Å². The van der Waals surface area contributed by atoms with Gasteiger partial charge in [0.05, 0.1) is 11.6 Å². The highest BCUT2D eigenvalue weighted by Gasteiger charge is 2.18. The summed E-state index contributed by atoms with van der Waals surface area (Å²) in [5, 5.41) is 0. The van der Waals surface area contributed by atoms with Gasteiger partial charge in [-0.3, -0.25) is 4.99 Å². The molecule has 0 amide bonds. The number of benzene rings is 1. The molecule has 0 saturated heterocycles. The molecule has 0 spiro atoms. The van der Waals surface area contributed by atoms with Gasteiger partial charge in [0.1, 0.15) is 17.5 Å². The van der Waals surface area contributed by atoms with E-state index in [1.54, 1.807) is 0 Å². The maximum Gasteiger partial charge on any atom is 0.148 e. The molecule has 1 aliphatic carbocycles. The Morgan fingerprint density at radius 2 is 1.78 bits per heavy atom. The number of hydrogen-bond acceptors (Lipinski definition) is 2. The SMILES string of the molecule is NNC(=NC1CCCCC1)c1c(F)cccc1F. The minimum absolute atomic E-state index is 0.0949. The highest BCUT2D eigenvalue weighted by molar-refractivity contribution is 5.99. The number of amidine groups is 1. The van der Waals surface area contributed by atoms with Crippen LogP contribution in [0.1, 0.15) is 37.7 Å². The Morgan fingerprint density at radius 3 is 2.33 bits per heavy atom. The standard InChI is InChI=1S/C13H17F2N3/c14-10-7-4-8-11(15)12(10)13(18-16)17-9-5-2-1-3-6-9/h4,7-9H,1-3,5-6,16H2,(H,17,18). The normalized spacial score (nSPS) is 17.8. The molecule has 5 heteroatoms. The van der Waals surface area contributed by atoms with Crippen molar-refractivity contribution in [1.29, 1.82) is 0 Å². The lowest BCUT2D eigenvalue weighted by atomic mass is 9.96. The second-order valence-electron chi connectivity index (χ2n) is 4.51. The first-order chi connectivity index (χ1) is 8.72. The van der Waals surface area contributed by atoms with Gasteiger partial charge in [-0.25, -0.2) is 14.6 Å². The second-order valence-corrected chi connectivity index (χ2v) is 4.51. The molecule has 1 aromatic rings. The number of nitrogens with two attached hydrogens (primary N) is 1. The molecule has 1 aliphatic rings. The van der Waals surface area contributed by atoms with Crippen LogP contribution in [0.3, 0.4) is 0 Å². The molecule has 0 aromatic heterocycles. The van der Waals surface area contributed by atoms with E-state index in [0.717, 1.165) is 25.7 Å². The van der Waals surface area contributed by atoms with Crippen molar-refractivity contribution >= 4 is 5.84 Å². The number of rotatable bonds is 2. The minimum Gasteiger partial charge on any atom is -0.308 e. The maximum atomic E-state index is 13.6. The fourth-order valence-corrected chi connectivity index (χ4v) is 2.29. The van der Waals surface area contributed by atoms with Crippen molar-refractivity contribution in [3.05, 3.63) is 35.4 Å². The van der Waals surface area contributed by atoms with Crippen LogP contribution in [-0.2, 0) is 0 Å². The molecule has 98 valence electrons.